The average molecular weight is 466 g/mol. The number of rotatable bonds is 5. The maximum atomic E-state index is 12.5. The van der Waals surface area contributed by atoms with Crippen molar-refractivity contribution in [2.75, 3.05) is 0 Å². The monoisotopic (exact) mass is 465 g/mol. The quantitative estimate of drug-likeness (QED) is 0.331. The second-order valence-corrected chi connectivity index (χ2v) is 9.07. The molecule has 0 amide bonds. The van der Waals surface area contributed by atoms with Crippen LogP contribution in [0, 0.1) is 6.92 Å². The number of hydrogen-bond acceptors (Lipinski definition) is 6. The Balaban J connectivity index is 1.53. The third kappa shape index (κ3) is 3.89. The Morgan fingerprint density at radius 3 is 2.61 bits per heavy atom. The van der Waals surface area contributed by atoms with Gasteiger partial charge in [-0.2, -0.15) is 0 Å². The number of aryl methyl sites for hydroxylation is 1. The molecule has 0 radical (unpaired) electrons. The van der Waals surface area contributed by atoms with E-state index in [2.05, 4.69) is 15.2 Å². The lowest BCUT2D eigenvalue weighted by Crippen LogP contribution is -2.14. The Labute approximate surface area is 191 Å². The van der Waals surface area contributed by atoms with Crippen LogP contribution < -0.4 is 5.56 Å². The van der Waals surface area contributed by atoms with E-state index in [1.165, 1.54) is 23.1 Å². The third-order valence-corrected chi connectivity index (χ3v) is 6.89. The van der Waals surface area contributed by atoms with Crippen molar-refractivity contribution in [1.82, 2.24) is 24.1 Å². The Hall–Kier alpha value is -2.94. The van der Waals surface area contributed by atoms with Crippen molar-refractivity contribution in [3.63, 3.8) is 0 Å². The van der Waals surface area contributed by atoms with Crippen molar-refractivity contribution in [2.45, 2.75) is 17.8 Å². The Kier molecular flexibility index (Phi) is 5.35. The third-order valence-electron chi connectivity index (χ3n) is 4.73. The highest BCUT2D eigenvalue weighted by atomic mass is 35.5. The van der Waals surface area contributed by atoms with Crippen LogP contribution in [-0.4, -0.2) is 24.1 Å². The van der Waals surface area contributed by atoms with Gasteiger partial charge in [0.15, 0.2) is 15.9 Å². The highest BCUT2D eigenvalue weighted by molar-refractivity contribution is 7.98. The van der Waals surface area contributed by atoms with Crippen molar-refractivity contribution >= 4 is 39.7 Å². The highest BCUT2D eigenvalue weighted by Crippen LogP contribution is 2.30. The van der Waals surface area contributed by atoms with Crippen LogP contribution in [0.5, 0.6) is 0 Å². The van der Waals surface area contributed by atoms with Crippen molar-refractivity contribution in [2.24, 2.45) is 0 Å². The largest absolute Gasteiger partial charge is 0.270 e. The highest BCUT2D eigenvalue weighted by Gasteiger charge is 2.17. The lowest BCUT2D eigenvalue weighted by Gasteiger charge is -2.10. The second-order valence-electron chi connectivity index (χ2n) is 6.85. The van der Waals surface area contributed by atoms with Gasteiger partial charge in [0.2, 0.25) is 0 Å². The van der Waals surface area contributed by atoms with E-state index in [9.17, 15) is 4.79 Å². The van der Waals surface area contributed by atoms with Gasteiger partial charge < -0.3 is 0 Å². The first-order valence-corrected chi connectivity index (χ1v) is 11.7. The molecule has 9 heteroatoms. The number of fused-ring (bicyclic) bond motifs is 1. The van der Waals surface area contributed by atoms with Gasteiger partial charge in [0.1, 0.15) is 0 Å². The molecule has 6 nitrogen and oxygen atoms in total. The smallest absolute Gasteiger partial charge is 0.258 e. The molecule has 0 aliphatic heterocycles. The zero-order valence-electron chi connectivity index (χ0n) is 16.4. The lowest BCUT2D eigenvalue weighted by molar-refractivity contribution is 0.884. The van der Waals surface area contributed by atoms with E-state index >= 15 is 0 Å². The standard InChI is InChI=1S/C22H16ClN5OS2/c1-14-12-30-21-24-17(11-19(29)27(14)21)13-31-22-26-25-20(15-5-3-2-4-6-15)28(22)18-9-7-16(23)8-10-18/h2-12H,13H2,1H3. The van der Waals surface area contributed by atoms with Crippen molar-refractivity contribution in [3.8, 4) is 17.1 Å². The number of nitrogens with zero attached hydrogens (tertiary/aromatic N) is 5. The fraction of sp³-hybridized carbons (Fsp3) is 0.0909. The molecule has 31 heavy (non-hydrogen) atoms. The summed E-state index contributed by atoms with van der Waals surface area (Å²) in [7, 11) is 0. The first-order valence-electron chi connectivity index (χ1n) is 9.46. The van der Waals surface area contributed by atoms with Gasteiger partial charge in [-0.25, -0.2) is 4.98 Å². The summed E-state index contributed by atoms with van der Waals surface area (Å²) in [5.74, 6) is 1.24. The van der Waals surface area contributed by atoms with Gasteiger partial charge in [0, 0.05) is 39.2 Å². The molecule has 0 atom stereocenters. The first-order chi connectivity index (χ1) is 15.1. The summed E-state index contributed by atoms with van der Waals surface area (Å²) in [6.45, 7) is 1.90. The number of aromatic nitrogens is 5. The maximum Gasteiger partial charge on any atom is 0.258 e. The van der Waals surface area contributed by atoms with Gasteiger partial charge in [-0.05, 0) is 31.2 Å². The van der Waals surface area contributed by atoms with E-state index in [0.717, 1.165) is 22.8 Å². The number of halogens is 1. The summed E-state index contributed by atoms with van der Waals surface area (Å²) in [6, 6.07) is 19.1. The van der Waals surface area contributed by atoms with E-state index in [1.807, 2.05) is 71.5 Å². The molecule has 0 unspecified atom stereocenters. The number of benzene rings is 2. The Morgan fingerprint density at radius 2 is 1.84 bits per heavy atom. The summed E-state index contributed by atoms with van der Waals surface area (Å²) in [6.07, 6.45) is 0. The molecule has 0 N–H and O–H groups in total. The SMILES string of the molecule is Cc1csc2nc(CSc3nnc(-c4ccccc4)n3-c3ccc(Cl)cc3)cc(=O)n12. The van der Waals surface area contributed by atoms with Gasteiger partial charge in [0.05, 0.1) is 5.69 Å². The van der Waals surface area contributed by atoms with E-state index in [1.54, 1.807) is 10.5 Å². The zero-order chi connectivity index (χ0) is 21.4. The van der Waals surface area contributed by atoms with Gasteiger partial charge in [-0.3, -0.25) is 13.8 Å². The minimum absolute atomic E-state index is 0.0662. The van der Waals surface area contributed by atoms with Gasteiger partial charge in [-0.1, -0.05) is 53.7 Å². The van der Waals surface area contributed by atoms with Gasteiger partial charge in [0.25, 0.3) is 5.56 Å². The molecule has 5 aromatic rings. The summed E-state index contributed by atoms with van der Waals surface area (Å²) in [4.78, 5) is 17.8. The molecule has 0 aliphatic carbocycles. The predicted octanol–water partition coefficient (Wildman–Crippen LogP) is 5.26. The van der Waals surface area contributed by atoms with Crippen LogP contribution in [0.15, 0.2) is 76.0 Å². The van der Waals surface area contributed by atoms with Crippen LogP contribution in [0.2, 0.25) is 5.02 Å². The van der Waals surface area contributed by atoms with Crippen LogP contribution in [0.1, 0.15) is 11.4 Å². The molecule has 5 rings (SSSR count). The second kappa shape index (κ2) is 8.30. The normalized spacial score (nSPS) is 11.3. The average Bonchev–Trinajstić information content (AvgIpc) is 3.37. The molecule has 154 valence electrons. The number of thioether (sulfide) groups is 1. The molecular weight excluding hydrogens is 450 g/mol. The lowest BCUT2D eigenvalue weighted by atomic mass is 10.2. The molecule has 0 spiro atoms. The molecule has 0 bridgehead atoms. The van der Waals surface area contributed by atoms with Crippen LogP contribution in [0.25, 0.3) is 22.0 Å². The van der Waals surface area contributed by atoms with E-state index in [4.69, 9.17) is 11.6 Å². The molecule has 3 aromatic heterocycles. The van der Waals surface area contributed by atoms with Gasteiger partial charge >= 0.3 is 0 Å². The number of thiazole rings is 1. The summed E-state index contributed by atoms with van der Waals surface area (Å²) < 4.78 is 3.62. The molecule has 3 heterocycles. The molecule has 0 saturated carbocycles. The van der Waals surface area contributed by atoms with E-state index in [0.29, 0.717) is 26.6 Å². The number of hydrogen-bond donors (Lipinski definition) is 0. The van der Waals surface area contributed by atoms with Crippen molar-refractivity contribution < 1.29 is 0 Å². The van der Waals surface area contributed by atoms with Crippen LogP contribution in [-0.2, 0) is 5.75 Å². The molecule has 0 saturated heterocycles. The van der Waals surface area contributed by atoms with Crippen LogP contribution >= 0.6 is 34.7 Å². The first kappa shape index (κ1) is 20.0. The van der Waals surface area contributed by atoms with Crippen molar-refractivity contribution in [3.05, 3.63) is 92.8 Å². The fourth-order valence-corrected chi connectivity index (χ4v) is 5.13. The van der Waals surface area contributed by atoms with Crippen LogP contribution in [0.3, 0.4) is 0 Å². The minimum Gasteiger partial charge on any atom is -0.270 e. The Bertz CT molecular complexity index is 1420. The molecular formula is C22H16ClN5OS2. The predicted molar refractivity (Wildman–Crippen MR) is 125 cm³/mol. The summed E-state index contributed by atoms with van der Waals surface area (Å²) in [5, 5.41) is 12.2. The van der Waals surface area contributed by atoms with Crippen molar-refractivity contribution in [1.29, 1.82) is 0 Å². The van der Waals surface area contributed by atoms with E-state index in [-0.39, 0.29) is 5.56 Å². The van der Waals surface area contributed by atoms with Crippen LogP contribution in [0.4, 0.5) is 0 Å². The molecule has 0 aliphatic rings. The fourth-order valence-electron chi connectivity index (χ4n) is 3.27. The maximum absolute atomic E-state index is 12.5. The molecule has 2 aromatic carbocycles. The zero-order valence-corrected chi connectivity index (χ0v) is 18.8. The topological polar surface area (TPSA) is 65.1 Å². The van der Waals surface area contributed by atoms with Gasteiger partial charge in [-0.15, -0.1) is 21.5 Å². The minimum atomic E-state index is -0.0662. The van der Waals surface area contributed by atoms with E-state index < -0.39 is 0 Å². The Morgan fingerprint density at radius 1 is 1.06 bits per heavy atom. The molecule has 0 fully saturated rings. The summed E-state index contributed by atoms with van der Waals surface area (Å²) >= 11 is 9.04. The summed E-state index contributed by atoms with van der Waals surface area (Å²) in [5.41, 5.74) is 3.41.